The first-order chi connectivity index (χ1) is 15.0. The summed E-state index contributed by atoms with van der Waals surface area (Å²) in [5.74, 6) is -0.546. The molecular formula is C23H39FN8O. The molecule has 0 fully saturated rings. The van der Waals surface area contributed by atoms with Gasteiger partial charge in [-0.05, 0) is 57.6 Å². The molecule has 0 saturated carbocycles. The molecule has 184 valence electrons. The number of nitrogen functional groups attached to an aromatic ring is 1. The van der Waals surface area contributed by atoms with Crippen LogP contribution in [0.15, 0.2) is 54.4 Å². The van der Waals surface area contributed by atoms with Crippen LogP contribution in [0, 0.1) is 23.2 Å². The fraction of sp³-hybridized carbons (Fsp3) is 0.304. The number of likely N-dealkylation sites (N-methyl/N-ethyl adjacent to an activating group) is 1. The lowest BCUT2D eigenvalue weighted by molar-refractivity contribution is 0.0710. The largest absolute Gasteiger partial charge is 0.398 e. The molecule has 0 heterocycles. The van der Waals surface area contributed by atoms with Crippen LogP contribution in [0.3, 0.4) is 0 Å². The molecule has 33 heavy (non-hydrogen) atoms. The number of hydrogen-bond acceptors (Lipinski definition) is 7. The molecule has 1 aromatic rings. The molecule has 0 bridgehead atoms. The molecule has 0 aromatic heterocycles. The summed E-state index contributed by atoms with van der Waals surface area (Å²) in [7, 11) is 0. The van der Waals surface area contributed by atoms with E-state index >= 15 is 0 Å². The van der Waals surface area contributed by atoms with Crippen LogP contribution in [0.4, 0.5) is 10.1 Å². The summed E-state index contributed by atoms with van der Waals surface area (Å²) in [6.45, 7) is 11.8. The molecule has 0 aliphatic rings. The van der Waals surface area contributed by atoms with E-state index < -0.39 is 5.83 Å². The van der Waals surface area contributed by atoms with Crippen molar-refractivity contribution in [3.05, 3.63) is 65.5 Å². The second-order valence-corrected chi connectivity index (χ2v) is 6.62. The van der Waals surface area contributed by atoms with Gasteiger partial charge in [0.2, 0.25) is 0 Å². The lowest BCUT2D eigenvalue weighted by atomic mass is 10.1. The van der Waals surface area contributed by atoms with Gasteiger partial charge in [-0.15, -0.1) is 0 Å². The Hall–Kier alpha value is -3.63. The van der Waals surface area contributed by atoms with Crippen LogP contribution in [0.25, 0.3) is 0 Å². The molecule has 0 spiro atoms. The van der Waals surface area contributed by atoms with Crippen LogP contribution >= 0.6 is 0 Å². The number of aryl methyl sites for hydroxylation is 1. The third-order valence-corrected chi connectivity index (χ3v) is 4.11. The van der Waals surface area contributed by atoms with Gasteiger partial charge in [0.1, 0.15) is 11.7 Å². The molecular weight excluding hydrogens is 423 g/mol. The monoisotopic (exact) mass is 462 g/mol. The molecule has 9 nitrogen and oxygen atoms in total. The minimum absolute atomic E-state index is 0. The van der Waals surface area contributed by atoms with E-state index in [9.17, 15) is 9.18 Å². The minimum Gasteiger partial charge on any atom is -0.398 e. The Labute approximate surface area is 196 Å². The van der Waals surface area contributed by atoms with Crippen molar-refractivity contribution in [3.8, 4) is 0 Å². The van der Waals surface area contributed by atoms with Crippen molar-refractivity contribution in [1.29, 1.82) is 16.2 Å². The zero-order valence-corrected chi connectivity index (χ0v) is 20.0. The Balaban J connectivity index is -0.000000486. The Morgan fingerprint density at radius 2 is 1.82 bits per heavy atom. The Kier molecular flexibility index (Phi) is 19.7. The van der Waals surface area contributed by atoms with Crippen molar-refractivity contribution in [2.45, 2.75) is 33.7 Å². The van der Waals surface area contributed by atoms with E-state index in [1.807, 2.05) is 32.9 Å². The predicted molar refractivity (Wildman–Crippen MR) is 138 cm³/mol. The number of amides is 1. The third kappa shape index (κ3) is 14.1. The number of allylic oxidation sites excluding steroid dienone is 4. The summed E-state index contributed by atoms with van der Waals surface area (Å²) in [4.78, 5) is 14.1. The molecule has 12 N–H and O–H groups in total. The fourth-order valence-electron chi connectivity index (χ4n) is 2.16. The van der Waals surface area contributed by atoms with Crippen molar-refractivity contribution in [2.75, 3.05) is 18.8 Å². The van der Waals surface area contributed by atoms with Gasteiger partial charge in [-0.25, -0.2) is 4.39 Å². The SMILES string of the molecule is C=C/C(F)=C\C=C(/C)C(=N)N.CCN(C(=O)c1cc(C)ccc1N)[C@@H](C)CN.N.N=CC=N. The number of rotatable bonds is 8. The number of halogens is 1. The van der Waals surface area contributed by atoms with E-state index in [1.54, 1.807) is 17.9 Å². The van der Waals surface area contributed by atoms with E-state index in [-0.39, 0.29) is 23.9 Å². The van der Waals surface area contributed by atoms with Gasteiger partial charge in [-0.1, -0.05) is 24.3 Å². The number of benzene rings is 1. The molecule has 0 unspecified atom stereocenters. The highest BCUT2D eigenvalue weighted by molar-refractivity contribution is 6.12. The summed E-state index contributed by atoms with van der Waals surface area (Å²) in [5, 5.41) is 19.1. The predicted octanol–water partition coefficient (Wildman–Crippen LogP) is 3.74. The number of nitrogens with two attached hydrogens (primary N) is 3. The lowest BCUT2D eigenvalue weighted by Gasteiger charge is -2.27. The van der Waals surface area contributed by atoms with Crippen molar-refractivity contribution in [1.82, 2.24) is 11.1 Å². The van der Waals surface area contributed by atoms with Crippen LogP contribution < -0.4 is 23.4 Å². The second-order valence-electron chi connectivity index (χ2n) is 6.62. The fourth-order valence-corrected chi connectivity index (χ4v) is 2.16. The van der Waals surface area contributed by atoms with Crippen LogP contribution in [0.2, 0.25) is 0 Å². The van der Waals surface area contributed by atoms with Crippen molar-refractivity contribution in [2.24, 2.45) is 11.5 Å². The average Bonchev–Trinajstić information content (AvgIpc) is 2.79. The zero-order valence-electron chi connectivity index (χ0n) is 20.0. The summed E-state index contributed by atoms with van der Waals surface area (Å²) in [6, 6.07) is 5.51. The second kappa shape index (κ2) is 19.1. The standard InChI is InChI=1S/C13H21N3O.C8H11FN2.C2H4N2.H3N/c1-4-16(10(3)8-14)13(17)11-7-9(2)5-6-12(11)15;1-3-7(9)5-4-6(2)8(10)11;3-1-2-4;/h5-7,10H,4,8,14-15H2,1-3H3;3-5H,1H2,2H3,(H3,10,11);1-4H;1H3/b;6-4+,7-5+;;/t10-;;;/m0.../s1. The topological polar surface area (TPSA) is 205 Å². The Morgan fingerprint density at radius 3 is 2.21 bits per heavy atom. The summed E-state index contributed by atoms with van der Waals surface area (Å²) >= 11 is 0. The first-order valence-electron chi connectivity index (χ1n) is 9.88. The first kappa shape index (κ1) is 34.0. The van der Waals surface area contributed by atoms with Crippen LogP contribution in [-0.4, -0.2) is 48.2 Å². The van der Waals surface area contributed by atoms with E-state index in [2.05, 4.69) is 6.58 Å². The highest BCUT2D eigenvalue weighted by atomic mass is 19.1. The first-order valence-corrected chi connectivity index (χ1v) is 9.88. The number of amidine groups is 1. The van der Waals surface area contributed by atoms with Gasteiger partial charge in [0.05, 0.1) is 5.56 Å². The highest BCUT2D eigenvalue weighted by Crippen LogP contribution is 2.17. The molecule has 1 rings (SSSR count). The zero-order chi connectivity index (χ0) is 25.3. The molecule has 0 aliphatic carbocycles. The quantitative estimate of drug-likeness (QED) is 0.133. The van der Waals surface area contributed by atoms with E-state index in [0.29, 0.717) is 29.9 Å². The molecule has 1 amide bonds. The van der Waals surface area contributed by atoms with Gasteiger partial charge < -0.3 is 39.1 Å². The molecule has 0 aliphatic heterocycles. The van der Waals surface area contributed by atoms with Crippen molar-refractivity contribution >= 4 is 29.9 Å². The lowest BCUT2D eigenvalue weighted by Crippen LogP contribution is -2.42. The Bertz CT molecular complexity index is 843. The molecule has 1 atom stereocenters. The minimum atomic E-state index is -0.439. The maximum atomic E-state index is 12.3. The maximum absolute atomic E-state index is 12.3. The number of hydrogen-bond donors (Lipinski definition) is 7. The van der Waals surface area contributed by atoms with Gasteiger partial charge in [0, 0.05) is 37.2 Å². The number of carbonyl (C=O) groups excluding carboxylic acids is 1. The van der Waals surface area contributed by atoms with Crippen LogP contribution in [0.5, 0.6) is 0 Å². The molecule has 0 radical (unpaired) electrons. The van der Waals surface area contributed by atoms with Crippen molar-refractivity contribution < 1.29 is 9.18 Å². The number of carbonyl (C=O) groups is 1. The normalized spacial score (nSPS) is 11.2. The molecule has 0 saturated heterocycles. The highest BCUT2D eigenvalue weighted by Gasteiger charge is 2.20. The van der Waals surface area contributed by atoms with Gasteiger partial charge >= 0.3 is 0 Å². The maximum Gasteiger partial charge on any atom is 0.256 e. The smallest absolute Gasteiger partial charge is 0.256 e. The number of nitrogens with zero attached hydrogens (tertiary/aromatic N) is 1. The van der Waals surface area contributed by atoms with Crippen LogP contribution in [0.1, 0.15) is 36.7 Å². The van der Waals surface area contributed by atoms with Gasteiger partial charge in [-0.2, -0.15) is 0 Å². The third-order valence-electron chi connectivity index (χ3n) is 4.11. The van der Waals surface area contributed by atoms with Crippen molar-refractivity contribution in [3.63, 3.8) is 0 Å². The molecule has 10 heteroatoms. The summed E-state index contributed by atoms with van der Waals surface area (Å²) in [6.07, 6.45) is 5.56. The van der Waals surface area contributed by atoms with E-state index in [4.69, 9.17) is 33.4 Å². The van der Waals surface area contributed by atoms with E-state index in [0.717, 1.165) is 24.1 Å². The van der Waals surface area contributed by atoms with Gasteiger partial charge in [0.15, 0.2) is 0 Å². The number of nitrogens with one attached hydrogen (secondary N) is 3. The Morgan fingerprint density at radius 1 is 1.27 bits per heavy atom. The summed E-state index contributed by atoms with van der Waals surface area (Å²) < 4.78 is 12.3. The van der Waals surface area contributed by atoms with Gasteiger partial charge in [0.25, 0.3) is 5.91 Å². The van der Waals surface area contributed by atoms with E-state index in [1.165, 1.54) is 12.2 Å². The van der Waals surface area contributed by atoms with Gasteiger partial charge in [-0.3, -0.25) is 10.2 Å². The van der Waals surface area contributed by atoms with Crippen LogP contribution in [-0.2, 0) is 0 Å². The average molecular weight is 463 g/mol. The molecule has 1 aromatic carbocycles. The number of anilines is 1. The summed E-state index contributed by atoms with van der Waals surface area (Å²) in [5.41, 5.74) is 19.2.